The predicted molar refractivity (Wildman–Crippen MR) is 112 cm³/mol. The molecule has 0 fully saturated rings. The lowest BCUT2D eigenvalue weighted by Crippen LogP contribution is -2.29. The van der Waals surface area contributed by atoms with Gasteiger partial charge in [0.1, 0.15) is 5.76 Å². The zero-order chi connectivity index (χ0) is 18.6. The number of carbonyl (C=O) groups is 1. The number of aliphatic hydroxyl groups is 1. The number of thioether (sulfide) groups is 1. The zero-order valence-electron chi connectivity index (χ0n) is 14.5. The lowest BCUT2D eigenvalue weighted by Gasteiger charge is -2.25. The summed E-state index contributed by atoms with van der Waals surface area (Å²) in [6.45, 7) is 1.88. The minimum Gasteiger partial charge on any atom is -0.479 e. The third kappa shape index (κ3) is 4.36. The molecule has 1 aromatic carbocycles. The first-order valence-corrected chi connectivity index (χ1v) is 11.0. The van der Waals surface area contributed by atoms with E-state index in [9.17, 15) is 9.90 Å². The van der Waals surface area contributed by atoms with Crippen LogP contribution in [0.5, 0.6) is 0 Å². The normalized spacial score (nSPS) is 22.0. The van der Waals surface area contributed by atoms with Gasteiger partial charge in [0.2, 0.25) is 5.78 Å². The Morgan fingerprint density at radius 3 is 2.73 bits per heavy atom. The minimum absolute atomic E-state index is 0.0183. The number of aliphatic hydroxyl groups excluding tert-OH is 1. The molecule has 1 aliphatic rings. The molecule has 0 saturated heterocycles. The van der Waals surface area contributed by atoms with Gasteiger partial charge in [-0.15, -0.1) is 0 Å². The second-order valence-corrected chi connectivity index (χ2v) is 9.14. The number of ether oxygens (including phenoxy) is 1. The van der Waals surface area contributed by atoms with E-state index in [1.54, 1.807) is 29.2 Å². The van der Waals surface area contributed by atoms with Crippen LogP contribution in [0, 0.1) is 0 Å². The van der Waals surface area contributed by atoms with Crippen LogP contribution in [-0.2, 0) is 15.1 Å². The van der Waals surface area contributed by atoms with Gasteiger partial charge in [0.15, 0.2) is 5.60 Å². The highest BCUT2D eigenvalue weighted by atomic mass is 32.2. The van der Waals surface area contributed by atoms with E-state index in [0.29, 0.717) is 12.2 Å². The van der Waals surface area contributed by atoms with Gasteiger partial charge >= 0.3 is 0 Å². The molecule has 3 rings (SSSR count). The fourth-order valence-corrected chi connectivity index (χ4v) is 5.12. The standard InChI is InChI=1S/C20H22O3S3/c1-20(15-5-3-2-4-6-15)19(22)10-16(23-20)9-18(14-7-8-25-12-14)26-13-17(24)11-21/h2-8,10,12,17-18,21,24H,9,11,13H2,1H3. The summed E-state index contributed by atoms with van der Waals surface area (Å²) in [5.41, 5.74) is 1.13. The fraction of sp³-hybridized carbons (Fsp3) is 0.350. The Morgan fingerprint density at radius 2 is 2.08 bits per heavy atom. The second kappa shape index (κ2) is 8.65. The van der Waals surface area contributed by atoms with Crippen LogP contribution < -0.4 is 0 Å². The lowest BCUT2D eigenvalue weighted by atomic mass is 9.92. The van der Waals surface area contributed by atoms with E-state index in [2.05, 4.69) is 29.5 Å². The average molecular weight is 407 g/mol. The first-order chi connectivity index (χ1) is 12.5. The van der Waals surface area contributed by atoms with E-state index in [1.807, 2.05) is 37.3 Å². The van der Waals surface area contributed by atoms with Gasteiger partial charge < -0.3 is 9.84 Å². The Kier molecular flexibility index (Phi) is 6.51. The van der Waals surface area contributed by atoms with Crippen LogP contribution in [0.1, 0.15) is 29.7 Å². The molecule has 0 aliphatic carbocycles. The first-order valence-electron chi connectivity index (χ1n) is 8.45. The molecule has 26 heavy (non-hydrogen) atoms. The quantitative estimate of drug-likeness (QED) is 0.629. The van der Waals surface area contributed by atoms with Crippen LogP contribution in [-0.4, -0.2) is 28.5 Å². The summed E-state index contributed by atoms with van der Waals surface area (Å²) in [5, 5.41) is 13.5. The highest BCUT2D eigenvalue weighted by molar-refractivity contribution is 8.00. The van der Waals surface area contributed by atoms with Crippen LogP contribution in [0.2, 0.25) is 0 Å². The number of hydrogen-bond acceptors (Lipinski definition) is 6. The van der Waals surface area contributed by atoms with E-state index >= 15 is 0 Å². The Balaban J connectivity index is 1.73. The van der Waals surface area contributed by atoms with Gasteiger partial charge in [-0.25, -0.2) is 0 Å². The predicted octanol–water partition coefficient (Wildman–Crippen LogP) is 4.60. The van der Waals surface area contributed by atoms with Crippen molar-refractivity contribution < 1.29 is 14.6 Å². The molecule has 3 unspecified atom stereocenters. The van der Waals surface area contributed by atoms with Gasteiger partial charge in [-0.1, -0.05) is 30.3 Å². The lowest BCUT2D eigenvalue weighted by molar-refractivity contribution is -0.129. The number of rotatable bonds is 8. The van der Waals surface area contributed by atoms with Crippen molar-refractivity contribution in [3.8, 4) is 0 Å². The number of thiol groups is 1. The zero-order valence-corrected chi connectivity index (χ0v) is 17.0. The second-order valence-electron chi connectivity index (χ2n) is 6.40. The van der Waals surface area contributed by atoms with Crippen molar-refractivity contribution in [2.45, 2.75) is 29.4 Å². The molecule has 2 aromatic rings. The van der Waals surface area contributed by atoms with E-state index in [4.69, 9.17) is 4.74 Å². The fourth-order valence-electron chi connectivity index (χ4n) is 2.88. The molecule has 1 aliphatic heterocycles. The van der Waals surface area contributed by atoms with E-state index in [1.165, 1.54) is 5.56 Å². The van der Waals surface area contributed by atoms with Crippen LogP contribution in [0.4, 0.5) is 0 Å². The van der Waals surface area contributed by atoms with Gasteiger partial charge in [0.05, 0.1) is 6.61 Å². The van der Waals surface area contributed by atoms with E-state index in [-0.39, 0.29) is 22.9 Å². The maximum atomic E-state index is 12.6. The molecule has 0 saturated carbocycles. The summed E-state index contributed by atoms with van der Waals surface area (Å²) in [6.07, 6.45) is 2.28. The largest absolute Gasteiger partial charge is 0.479 e. The maximum Gasteiger partial charge on any atom is 0.206 e. The summed E-state index contributed by atoms with van der Waals surface area (Å²) in [7, 11) is 0. The molecule has 138 valence electrons. The molecule has 1 aromatic heterocycles. The number of ketones is 1. The number of benzene rings is 1. The van der Waals surface area contributed by atoms with Crippen molar-refractivity contribution in [2.75, 3.05) is 12.4 Å². The number of hydrogen-bond donors (Lipinski definition) is 2. The van der Waals surface area contributed by atoms with Crippen LogP contribution in [0.15, 0.2) is 59.0 Å². The number of allylic oxidation sites excluding steroid dienone is 1. The molecular formula is C20H22O3S3. The summed E-state index contributed by atoms with van der Waals surface area (Å²) < 4.78 is 6.14. The SMILES string of the molecule is CC1(c2ccccc2)OC(CC(SCC(S)CO)c2ccsc2)=CC1=O. The molecular weight excluding hydrogens is 384 g/mol. The average Bonchev–Trinajstić information content (AvgIpc) is 3.28. The van der Waals surface area contributed by atoms with Gasteiger partial charge in [0.25, 0.3) is 0 Å². The highest BCUT2D eigenvalue weighted by Gasteiger charge is 2.42. The van der Waals surface area contributed by atoms with Crippen LogP contribution in [0.25, 0.3) is 0 Å². The topological polar surface area (TPSA) is 46.5 Å². The van der Waals surface area contributed by atoms with Crippen molar-refractivity contribution in [3.63, 3.8) is 0 Å². The highest BCUT2D eigenvalue weighted by Crippen LogP contribution is 2.42. The third-order valence-corrected chi connectivity index (χ3v) is 7.15. The summed E-state index contributed by atoms with van der Waals surface area (Å²) >= 11 is 7.76. The Morgan fingerprint density at radius 1 is 1.31 bits per heavy atom. The van der Waals surface area contributed by atoms with Crippen molar-refractivity contribution >= 4 is 41.5 Å². The van der Waals surface area contributed by atoms with Crippen molar-refractivity contribution in [3.05, 3.63) is 70.1 Å². The molecule has 0 bridgehead atoms. The van der Waals surface area contributed by atoms with Gasteiger partial charge in [-0.3, -0.25) is 4.79 Å². The monoisotopic (exact) mass is 406 g/mol. The van der Waals surface area contributed by atoms with Gasteiger partial charge in [0, 0.05) is 34.3 Å². The molecule has 1 N–H and O–H groups in total. The molecule has 0 radical (unpaired) electrons. The Bertz CT molecular complexity index is 758. The van der Waals surface area contributed by atoms with Crippen LogP contribution >= 0.6 is 35.7 Å². The molecule has 3 nitrogen and oxygen atoms in total. The van der Waals surface area contributed by atoms with Crippen molar-refractivity contribution in [1.29, 1.82) is 0 Å². The van der Waals surface area contributed by atoms with E-state index < -0.39 is 5.60 Å². The number of thiophene rings is 1. The maximum absolute atomic E-state index is 12.6. The summed E-state index contributed by atoms with van der Waals surface area (Å²) in [4.78, 5) is 12.6. The molecule has 2 heterocycles. The van der Waals surface area contributed by atoms with Crippen LogP contribution in [0.3, 0.4) is 0 Å². The Hall–Kier alpha value is -1.21. The minimum atomic E-state index is -0.947. The molecule has 3 atom stereocenters. The molecule has 6 heteroatoms. The summed E-state index contributed by atoms with van der Waals surface area (Å²) in [5.74, 6) is 1.43. The third-order valence-electron chi connectivity index (χ3n) is 4.42. The van der Waals surface area contributed by atoms with E-state index in [0.717, 1.165) is 11.3 Å². The first kappa shape index (κ1) is 19.5. The Labute approximate surface area is 167 Å². The number of carbonyl (C=O) groups excluding carboxylic acids is 1. The smallest absolute Gasteiger partial charge is 0.206 e. The van der Waals surface area contributed by atoms with Crippen molar-refractivity contribution in [2.24, 2.45) is 0 Å². The van der Waals surface area contributed by atoms with Crippen molar-refractivity contribution in [1.82, 2.24) is 0 Å². The van der Waals surface area contributed by atoms with Gasteiger partial charge in [-0.05, 0) is 29.3 Å². The van der Waals surface area contributed by atoms with Gasteiger partial charge in [-0.2, -0.15) is 35.7 Å². The molecule has 0 amide bonds. The molecule has 0 spiro atoms. The summed E-state index contributed by atoms with van der Waals surface area (Å²) in [6, 6.07) is 11.7.